The summed E-state index contributed by atoms with van der Waals surface area (Å²) >= 11 is 0. The summed E-state index contributed by atoms with van der Waals surface area (Å²) in [5.41, 5.74) is 8.56. The predicted molar refractivity (Wildman–Crippen MR) is 244 cm³/mol. The van der Waals surface area contributed by atoms with Gasteiger partial charge in [-0.15, -0.1) is 0 Å². The van der Waals surface area contributed by atoms with Crippen molar-refractivity contribution in [3.63, 3.8) is 0 Å². The second-order valence-corrected chi connectivity index (χ2v) is 13.5. The standard InChI is InChI=1S/C51H37N9/c52-48(38-21-9-3-10-22-38)59-50(56-34-36-17-5-1-6-18-36)41-26-15-25-40(31-41)42-32-45(44-28-13-14-29-54-44)58-46(33-42)47-43(27-16-30-55-47)51(57-35-37-19-7-2-8-20-37)60-49(53)39-23-11-4-12-24-39/h1-35,52-53H. The molecule has 0 bridgehead atoms. The molecule has 8 aromatic rings. The Hall–Kier alpha value is -8.43. The highest BCUT2D eigenvalue weighted by molar-refractivity contribution is 6.16. The van der Waals surface area contributed by atoms with Crippen LogP contribution in [0.15, 0.2) is 220 Å². The van der Waals surface area contributed by atoms with E-state index in [0.717, 1.165) is 27.8 Å². The van der Waals surface area contributed by atoms with Crippen molar-refractivity contribution in [1.29, 1.82) is 10.8 Å². The van der Waals surface area contributed by atoms with Gasteiger partial charge in [0.05, 0.1) is 22.8 Å². The molecule has 0 saturated carbocycles. The summed E-state index contributed by atoms with van der Waals surface area (Å²) in [5.74, 6) is 0.854. The number of nitrogens with one attached hydrogen (secondary N) is 2. The highest BCUT2D eigenvalue weighted by atomic mass is 15.0. The van der Waals surface area contributed by atoms with Gasteiger partial charge in [0, 0.05) is 47.1 Å². The predicted octanol–water partition coefficient (Wildman–Crippen LogP) is 10.7. The lowest BCUT2D eigenvalue weighted by Gasteiger charge is -2.13. The number of nitrogens with zero attached hydrogens (tertiary/aromatic N) is 7. The van der Waals surface area contributed by atoms with E-state index >= 15 is 0 Å². The van der Waals surface area contributed by atoms with E-state index in [1.165, 1.54) is 0 Å². The first-order valence-electron chi connectivity index (χ1n) is 19.2. The second kappa shape index (κ2) is 18.7. The quantitative estimate of drug-likeness (QED) is 0.112. The minimum absolute atomic E-state index is 0.0612. The molecule has 9 nitrogen and oxygen atoms in total. The Balaban J connectivity index is 1.26. The van der Waals surface area contributed by atoms with Crippen LogP contribution in [0.2, 0.25) is 0 Å². The van der Waals surface area contributed by atoms with Gasteiger partial charge in [-0.25, -0.2) is 25.0 Å². The van der Waals surface area contributed by atoms with E-state index in [1.54, 1.807) is 24.8 Å². The van der Waals surface area contributed by atoms with Crippen LogP contribution >= 0.6 is 0 Å². The molecule has 5 aromatic carbocycles. The van der Waals surface area contributed by atoms with Gasteiger partial charge in [-0.2, -0.15) is 0 Å². The van der Waals surface area contributed by atoms with Crippen LogP contribution in [0.25, 0.3) is 33.9 Å². The van der Waals surface area contributed by atoms with Crippen LogP contribution in [0.1, 0.15) is 33.4 Å². The number of aliphatic imine (C=N–C) groups is 4. The Bertz CT molecular complexity index is 2870. The van der Waals surface area contributed by atoms with E-state index in [2.05, 4.69) is 4.98 Å². The minimum atomic E-state index is 0.0612. The van der Waals surface area contributed by atoms with Gasteiger partial charge in [-0.05, 0) is 64.7 Å². The van der Waals surface area contributed by atoms with Crippen molar-refractivity contribution in [2.24, 2.45) is 20.0 Å². The van der Waals surface area contributed by atoms with Crippen molar-refractivity contribution in [2.45, 2.75) is 0 Å². The van der Waals surface area contributed by atoms with E-state index in [4.69, 9.17) is 40.8 Å². The van der Waals surface area contributed by atoms with Crippen LogP contribution in [-0.4, -0.2) is 50.7 Å². The number of amidine groups is 4. The van der Waals surface area contributed by atoms with Gasteiger partial charge in [0.15, 0.2) is 23.3 Å². The number of pyridine rings is 3. The Kier molecular flexibility index (Phi) is 12.0. The molecule has 0 radical (unpaired) electrons. The first-order valence-corrected chi connectivity index (χ1v) is 19.2. The lowest BCUT2D eigenvalue weighted by atomic mass is 9.99. The van der Waals surface area contributed by atoms with Crippen molar-refractivity contribution in [1.82, 2.24) is 15.0 Å². The summed E-state index contributed by atoms with van der Waals surface area (Å²) in [7, 11) is 0. The smallest absolute Gasteiger partial charge is 0.163 e. The summed E-state index contributed by atoms with van der Waals surface area (Å²) in [4.78, 5) is 33.8. The summed E-state index contributed by atoms with van der Waals surface area (Å²) in [6, 6.07) is 59.7. The molecule has 0 aliphatic carbocycles. The zero-order valence-corrected chi connectivity index (χ0v) is 32.3. The van der Waals surface area contributed by atoms with Crippen molar-refractivity contribution in [3.05, 3.63) is 234 Å². The topological polar surface area (TPSA) is 136 Å². The van der Waals surface area contributed by atoms with Crippen LogP contribution in [0.3, 0.4) is 0 Å². The molecule has 0 amide bonds. The van der Waals surface area contributed by atoms with Crippen molar-refractivity contribution >= 4 is 35.8 Å². The van der Waals surface area contributed by atoms with Gasteiger partial charge >= 0.3 is 0 Å². The van der Waals surface area contributed by atoms with Gasteiger partial charge in [0.1, 0.15) is 0 Å². The van der Waals surface area contributed by atoms with Crippen molar-refractivity contribution in [3.8, 4) is 33.9 Å². The highest BCUT2D eigenvalue weighted by Gasteiger charge is 2.18. The normalized spacial score (nSPS) is 11.9. The van der Waals surface area contributed by atoms with Crippen LogP contribution in [-0.2, 0) is 0 Å². The molecule has 3 aromatic heterocycles. The summed E-state index contributed by atoms with van der Waals surface area (Å²) in [6.45, 7) is 0. The van der Waals surface area contributed by atoms with E-state index in [0.29, 0.717) is 51.1 Å². The van der Waals surface area contributed by atoms with Crippen molar-refractivity contribution in [2.75, 3.05) is 0 Å². The molecule has 8 rings (SSSR count). The lowest BCUT2D eigenvalue weighted by Crippen LogP contribution is -2.08. The molecule has 2 N–H and O–H groups in total. The van der Waals surface area contributed by atoms with Gasteiger partial charge in [-0.3, -0.25) is 20.8 Å². The second-order valence-electron chi connectivity index (χ2n) is 13.5. The van der Waals surface area contributed by atoms with E-state index < -0.39 is 0 Å². The maximum Gasteiger partial charge on any atom is 0.163 e. The third-order valence-corrected chi connectivity index (χ3v) is 9.30. The van der Waals surface area contributed by atoms with Crippen LogP contribution in [0.4, 0.5) is 0 Å². The van der Waals surface area contributed by atoms with Crippen LogP contribution < -0.4 is 0 Å². The summed E-state index contributed by atoms with van der Waals surface area (Å²) in [5, 5.41) is 17.8. The molecule has 0 unspecified atom stereocenters. The fourth-order valence-electron chi connectivity index (χ4n) is 6.30. The first kappa shape index (κ1) is 38.4. The molecular formula is C51H37N9. The zero-order valence-electron chi connectivity index (χ0n) is 32.3. The van der Waals surface area contributed by atoms with E-state index in [9.17, 15) is 0 Å². The number of hydrogen-bond donors (Lipinski definition) is 2. The maximum absolute atomic E-state index is 8.95. The molecular weight excluding hydrogens is 739 g/mol. The van der Waals surface area contributed by atoms with Gasteiger partial charge in [0.2, 0.25) is 0 Å². The Morgan fingerprint density at radius 3 is 1.57 bits per heavy atom. The molecule has 0 saturated heterocycles. The zero-order chi connectivity index (χ0) is 40.9. The number of hydrogen-bond acceptors (Lipinski definition) is 5. The molecule has 0 fully saturated rings. The third kappa shape index (κ3) is 9.56. The average molecular weight is 776 g/mol. The van der Waals surface area contributed by atoms with Gasteiger partial charge < -0.3 is 0 Å². The van der Waals surface area contributed by atoms with Gasteiger partial charge in [-0.1, -0.05) is 146 Å². The van der Waals surface area contributed by atoms with Crippen LogP contribution in [0.5, 0.6) is 0 Å². The fraction of sp³-hybridized carbons (Fsp3) is 0. The molecule has 0 atom stereocenters. The lowest BCUT2D eigenvalue weighted by molar-refractivity contribution is 1.21. The third-order valence-electron chi connectivity index (χ3n) is 9.30. The van der Waals surface area contributed by atoms with Crippen molar-refractivity contribution < 1.29 is 0 Å². The maximum atomic E-state index is 8.95. The number of aromatic nitrogens is 3. The molecule has 0 aliphatic heterocycles. The van der Waals surface area contributed by atoms with Crippen LogP contribution in [0, 0.1) is 10.8 Å². The molecule has 9 heteroatoms. The number of benzene rings is 5. The average Bonchev–Trinajstić information content (AvgIpc) is 3.33. The molecule has 3 heterocycles. The number of rotatable bonds is 9. The molecule has 0 aliphatic rings. The first-order chi connectivity index (χ1) is 29.6. The van der Waals surface area contributed by atoms with E-state index in [-0.39, 0.29) is 11.7 Å². The fourth-order valence-corrected chi connectivity index (χ4v) is 6.30. The largest absolute Gasteiger partial charge is 0.282 e. The Morgan fingerprint density at radius 1 is 0.417 bits per heavy atom. The minimum Gasteiger partial charge on any atom is -0.282 e. The Labute approximate surface area is 348 Å². The molecule has 286 valence electrons. The summed E-state index contributed by atoms with van der Waals surface area (Å²) in [6.07, 6.45) is 6.94. The van der Waals surface area contributed by atoms with Gasteiger partial charge in [0.25, 0.3) is 0 Å². The Morgan fingerprint density at radius 2 is 0.950 bits per heavy atom. The van der Waals surface area contributed by atoms with E-state index in [1.807, 2.05) is 188 Å². The monoisotopic (exact) mass is 775 g/mol. The highest BCUT2D eigenvalue weighted by Crippen LogP contribution is 2.31. The molecule has 60 heavy (non-hydrogen) atoms. The molecule has 0 spiro atoms. The summed E-state index contributed by atoms with van der Waals surface area (Å²) < 4.78 is 0. The SMILES string of the molecule is N=C(N=C(N=Cc1ccccc1)c1cccc(-c2cc(-c3ccccn3)nc(-c3ncccc3C(N=Cc3ccccc3)=NC(=N)c3ccccc3)c2)c1)c1ccccc1.